The number of thiazole rings is 1. The third kappa shape index (κ3) is 2.44. The number of aryl methyl sites for hydroxylation is 1. The van der Waals surface area contributed by atoms with E-state index in [1.54, 1.807) is 11.3 Å². The van der Waals surface area contributed by atoms with Crippen LogP contribution < -0.4 is 0 Å². The molecular formula is C15H16N2S. The molecule has 1 aromatic carbocycles. The van der Waals surface area contributed by atoms with Gasteiger partial charge in [0.05, 0.1) is 11.8 Å². The fourth-order valence-electron chi connectivity index (χ4n) is 1.90. The summed E-state index contributed by atoms with van der Waals surface area (Å²) in [4.78, 5) is 4.63. The highest BCUT2D eigenvalue weighted by molar-refractivity contribution is 7.10. The van der Waals surface area contributed by atoms with Crippen molar-refractivity contribution in [1.82, 2.24) is 4.98 Å². The zero-order chi connectivity index (χ0) is 13.1. The monoisotopic (exact) mass is 256 g/mol. The number of rotatable bonds is 3. The molecule has 0 spiro atoms. The van der Waals surface area contributed by atoms with Crippen LogP contribution in [0.1, 0.15) is 30.3 Å². The van der Waals surface area contributed by atoms with Gasteiger partial charge in [-0.25, -0.2) is 4.98 Å². The molecule has 1 unspecified atom stereocenters. The lowest BCUT2D eigenvalue weighted by molar-refractivity contribution is 0.585. The minimum atomic E-state index is -0.104. The van der Waals surface area contributed by atoms with Gasteiger partial charge in [-0.2, -0.15) is 5.26 Å². The van der Waals surface area contributed by atoms with Crippen molar-refractivity contribution < 1.29 is 0 Å². The molecule has 0 N–H and O–H groups in total. The van der Waals surface area contributed by atoms with E-state index in [0.717, 1.165) is 16.3 Å². The van der Waals surface area contributed by atoms with E-state index in [4.69, 9.17) is 0 Å². The molecule has 2 nitrogen and oxygen atoms in total. The molecule has 0 saturated heterocycles. The fourth-order valence-corrected chi connectivity index (χ4v) is 2.94. The van der Waals surface area contributed by atoms with Gasteiger partial charge in [0.1, 0.15) is 10.9 Å². The average Bonchev–Trinajstić information content (AvgIpc) is 2.79. The van der Waals surface area contributed by atoms with Gasteiger partial charge < -0.3 is 0 Å². The molecule has 0 saturated carbocycles. The quantitative estimate of drug-likeness (QED) is 0.817. The second kappa shape index (κ2) is 5.32. The SMILES string of the molecule is Cc1ccccc1-c1csc(C(C#N)C(C)C)n1. The molecule has 0 aliphatic carbocycles. The van der Waals surface area contributed by atoms with Crippen LogP contribution in [-0.2, 0) is 0 Å². The van der Waals surface area contributed by atoms with Crippen LogP contribution in [0.5, 0.6) is 0 Å². The van der Waals surface area contributed by atoms with E-state index in [1.165, 1.54) is 5.56 Å². The van der Waals surface area contributed by atoms with Crippen molar-refractivity contribution in [3.05, 3.63) is 40.2 Å². The standard InChI is InChI=1S/C15H16N2S/c1-10(2)13(8-16)15-17-14(9-18-15)12-7-5-4-6-11(12)3/h4-7,9-10,13H,1-3H3. The topological polar surface area (TPSA) is 36.7 Å². The van der Waals surface area contributed by atoms with Crippen LogP contribution in [0.3, 0.4) is 0 Å². The van der Waals surface area contributed by atoms with Crippen LogP contribution in [0.25, 0.3) is 11.3 Å². The highest BCUT2D eigenvalue weighted by atomic mass is 32.1. The Morgan fingerprint density at radius 2 is 2.00 bits per heavy atom. The summed E-state index contributed by atoms with van der Waals surface area (Å²) < 4.78 is 0. The maximum Gasteiger partial charge on any atom is 0.111 e. The number of nitrogens with zero attached hydrogens (tertiary/aromatic N) is 2. The summed E-state index contributed by atoms with van der Waals surface area (Å²) in [6, 6.07) is 10.5. The minimum Gasteiger partial charge on any atom is -0.240 e. The molecule has 0 aliphatic rings. The van der Waals surface area contributed by atoms with Crippen molar-refractivity contribution in [2.45, 2.75) is 26.7 Å². The number of hydrogen-bond donors (Lipinski definition) is 0. The van der Waals surface area contributed by atoms with E-state index in [0.29, 0.717) is 5.92 Å². The summed E-state index contributed by atoms with van der Waals surface area (Å²) in [7, 11) is 0. The lowest BCUT2D eigenvalue weighted by Gasteiger charge is -2.08. The molecule has 1 atom stereocenters. The highest BCUT2D eigenvalue weighted by Crippen LogP contribution is 2.31. The Bertz CT molecular complexity index is 578. The molecule has 2 rings (SSSR count). The van der Waals surface area contributed by atoms with E-state index < -0.39 is 0 Å². The van der Waals surface area contributed by atoms with Gasteiger partial charge in [-0.1, -0.05) is 38.1 Å². The smallest absolute Gasteiger partial charge is 0.111 e. The third-order valence-corrected chi connectivity index (χ3v) is 3.94. The molecule has 0 amide bonds. The molecule has 0 fully saturated rings. The van der Waals surface area contributed by atoms with E-state index in [2.05, 4.69) is 44.0 Å². The molecule has 1 aromatic heterocycles. The van der Waals surface area contributed by atoms with Gasteiger partial charge in [0.2, 0.25) is 0 Å². The molecule has 0 aliphatic heterocycles. The number of benzene rings is 1. The van der Waals surface area contributed by atoms with Gasteiger partial charge >= 0.3 is 0 Å². The average molecular weight is 256 g/mol. The highest BCUT2D eigenvalue weighted by Gasteiger charge is 2.19. The first kappa shape index (κ1) is 12.8. The largest absolute Gasteiger partial charge is 0.240 e. The van der Waals surface area contributed by atoms with Gasteiger partial charge in [0.25, 0.3) is 0 Å². The third-order valence-electron chi connectivity index (χ3n) is 3.01. The lowest BCUT2D eigenvalue weighted by atomic mass is 9.98. The van der Waals surface area contributed by atoms with Crippen molar-refractivity contribution in [1.29, 1.82) is 5.26 Å². The Morgan fingerprint density at radius 1 is 1.28 bits per heavy atom. The second-order valence-electron chi connectivity index (χ2n) is 4.74. The lowest BCUT2D eigenvalue weighted by Crippen LogP contribution is -2.03. The van der Waals surface area contributed by atoms with Gasteiger partial charge in [-0.3, -0.25) is 0 Å². The summed E-state index contributed by atoms with van der Waals surface area (Å²) in [6.45, 7) is 6.20. The summed E-state index contributed by atoms with van der Waals surface area (Å²) in [6.07, 6.45) is 0. The van der Waals surface area contributed by atoms with Crippen LogP contribution in [0.15, 0.2) is 29.6 Å². The maximum absolute atomic E-state index is 9.20. The Kier molecular flexibility index (Phi) is 3.78. The van der Waals surface area contributed by atoms with Gasteiger partial charge in [0, 0.05) is 10.9 Å². The van der Waals surface area contributed by atoms with Crippen molar-refractivity contribution in [3.8, 4) is 17.3 Å². The van der Waals surface area contributed by atoms with E-state index in [-0.39, 0.29) is 5.92 Å². The maximum atomic E-state index is 9.20. The molecule has 18 heavy (non-hydrogen) atoms. The zero-order valence-corrected chi connectivity index (χ0v) is 11.7. The first-order chi connectivity index (χ1) is 8.63. The normalized spacial score (nSPS) is 12.4. The molecule has 2 aromatic rings. The Hall–Kier alpha value is -1.66. The number of hydrogen-bond acceptors (Lipinski definition) is 3. The predicted molar refractivity (Wildman–Crippen MR) is 75.5 cm³/mol. The first-order valence-corrected chi connectivity index (χ1v) is 6.92. The molecule has 0 bridgehead atoms. The second-order valence-corrected chi connectivity index (χ2v) is 5.63. The summed E-state index contributed by atoms with van der Waals surface area (Å²) >= 11 is 1.58. The van der Waals surface area contributed by atoms with Crippen molar-refractivity contribution in [2.75, 3.05) is 0 Å². The van der Waals surface area contributed by atoms with Crippen LogP contribution in [0, 0.1) is 24.2 Å². The fraction of sp³-hybridized carbons (Fsp3) is 0.333. The van der Waals surface area contributed by atoms with E-state index in [1.807, 2.05) is 17.5 Å². The van der Waals surface area contributed by atoms with Crippen molar-refractivity contribution in [2.24, 2.45) is 5.92 Å². The van der Waals surface area contributed by atoms with Crippen molar-refractivity contribution in [3.63, 3.8) is 0 Å². The molecule has 3 heteroatoms. The van der Waals surface area contributed by atoms with E-state index >= 15 is 0 Å². The Labute approximate surface area is 112 Å². The number of aromatic nitrogens is 1. The van der Waals surface area contributed by atoms with Gasteiger partial charge in [0.15, 0.2) is 0 Å². The van der Waals surface area contributed by atoms with E-state index in [9.17, 15) is 5.26 Å². The summed E-state index contributed by atoms with van der Waals surface area (Å²) in [5.41, 5.74) is 3.35. The first-order valence-electron chi connectivity index (χ1n) is 6.04. The Morgan fingerprint density at radius 3 is 2.61 bits per heavy atom. The van der Waals surface area contributed by atoms with Crippen molar-refractivity contribution >= 4 is 11.3 Å². The molecule has 92 valence electrons. The zero-order valence-electron chi connectivity index (χ0n) is 10.8. The van der Waals surface area contributed by atoms with Crippen LogP contribution in [-0.4, -0.2) is 4.98 Å². The van der Waals surface area contributed by atoms with Crippen LogP contribution in [0.2, 0.25) is 0 Å². The van der Waals surface area contributed by atoms with Crippen LogP contribution >= 0.6 is 11.3 Å². The molecule has 0 radical (unpaired) electrons. The molecular weight excluding hydrogens is 240 g/mol. The molecule has 1 heterocycles. The van der Waals surface area contributed by atoms with Gasteiger partial charge in [-0.15, -0.1) is 11.3 Å². The summed E-state index contributed by atoms with van der Waals surface area (Å²) in [5.74, 6) is 0.193. The van der Waals surface area contributed by atoms with Gasteiger partial charge in [-0.05, 0) is 18.4 Å². The Balaban J connectivity index is 2.37. The minimum absolute atomic E-state index is 0.104. The number of nitriles is 1. The summed E-state index contributed by atoms with van der Waals surface area (Å²) in [5, 5.41) is 12.2. The predicted octanol–water partition coefficient (Wildman–Crippen LogP) is 4.38. The van der Waals surface area contributed by atoms with Crippen LogP contribution in [0.4, 0.5) is 0 Å².